The maximum Gasteiger partial charge on any atom is 0.128 e. The Morgan fingerprint density at radius 1 is 1.20 bits per heavy atom. The lowest BCUT2D eigenvalue weighted by Gasteiger charge is -2.18. The van der Waals surface area contributed by atoms with Gasteiger partial charge in [0.25, 0.3) is 0 Å². The first-order chi connectivity index (χ1) is 9.81. The van der Waals surface area contributed by atoms with Gasteiger partial charge in [0.1, 0.15) is 5.82 Å². The predicted octanol–water partition coefficient (Wildman–Crippen LogP) is 2.37. The Kier molecular flexibility index (Phi) is 3.92. The van der Waals surface area contributed by atoms with Gasteiger partial charge in [-0.05, 0) is 42.7 Å². The number of pyridine rings is 2. The summed E-state index contributed by atoms with van der Waals surface area (Å²) < 4.78 is 0. The van der Waals surface area contributed by atoms with Gasteiger partial charge >= 0.3 is 0 Å². The molecule has 0 aromatic carbocycles. The summed E-state index contributed by atoms with van der Waals surface area (Å²) in [6.45, 7) is 1.70. The molecule has 1 fully saturated rings. The summed E-state index contributed by atoms with van der Waals surface area (Å²) in [6, 6.07) is 10.9. The van der Waals surface area contributed by atoms with Gasteiger partial charge in [-0.15, -0.1) is 0 Å². The average Bonchev–Trinajstić information content (AvgIpc) is 3.31. The fourth-order valence-corrected chi connectivity index (χ4v) is 2.14. The minimum absolute atomic E-state index is 0.734. The van der Waals surface area contributed by atoms with Crippen molar-refractivity contribution in [3.63, 3.8) is 0 Å². The van der Waals surface area contributed by atoms with Gasteiger partial charge in [0.05, 0.1) is 12.2 Å². The van der Waals surface area contributed by atoms with E-state index in [1.807, 2.05) is 30.6 Å². The van der Waals surface area contributed by atoms with Crippen LogP contribution >= 0.6 is 0 Å². The van der Waals surface area contributed by atoms with Gasteiger partial charge in [-0.25, -0.2) is 4.98 Å². The fourth-order valence-electron chi connectivity index (χ4n) is 2.14. The highest BCUT2D eigenvalue weighted by atomic mass is 15.2. The zero-order valence-corrected chi connectivity index (χ0v) is 11.8. The molecule has 3 rings (SSSR count). The second kappa shape index (κ2) is 6.01. The number of rotatable bonds is 6. The molecule has 4 nitrogen and oxygen atoms in total. The third-order valence-corrected chi connectivity index (χ3v) is 3.50. The Morgan fingerprint density at radius 3 is 2.85 bits per heavy atom. The van der Waals surface area contributed by atoms with E-state index in [-0.39, 0.29) is 0 Å². The standard InChI is InChI=1S/C16H20N4/c1-20(12-15-4-2-3-8-17-15)16-10-13(7-9-18-16)11-19-14-5-6-14/h2-4,7-10,14,19H,5-6,11-12H2,1H3. The van der Waals surface area contributed by atoms with E-state index in [9.17, 15) is 0 Å². The van der Waals surface area contributed by atoms with Gasteiger partial charge in [-0.1, -0.05) is 6.07 Å². The average molecular weight is 268 g/mol. The first-order valence-electron chi connectivity index (χ1n) is 7.10. The van der Waals surface area contributed by atoms with Crippen molar-refractivity contribution in [3.05, 3.63) is 54.0 Å². The van der Waals surface area contributed by atoms with Crippen molar-refractivity contribution in [2.24, 2.45) is 0 Å². The molecule has 0 atom stereocenters. The van der Waals surface area contributed by atoms with Crippen molar-refractivity contribution in [2.75, 3.05) is 11.9 Å². The molecule has 104 valence electrons. The molecule has 0 spiro atoms. The molecule has 2 aromatic heterocycles. The third-order valence-electron chi connectivity index (χ3n) is 3.50. The van der Waals surface area contributed by atoms with Crippen molar-refractivity contribution in [1.29, 1.82) is 0 Å². The molecule has 0 unspecified atom stereocenters. The second-order valence-electron chi connectivity index (χ2n) is 5.35. The van der Waals surface area contributed by atoms with Crippen LogP contribution < -0.4 is 10.2 Å². The summed E-state index contributed by atoms with van der Waals surface area (Å²) >= 11 is 0. The van der Waals surface area contributed by atoms with Crippen LogP contribution in [0.15, 0.2) is 42.7 Å². The highest BCUT2D eigenvalue weighted by Gasteiger charge is 2.20. The SMILES string of the molecule is CN(Cc1ccccn1)c1cc(CNC2CC2)ccn1. The summed E-state index contributed by atoms with van der Waals surface area (Å²) in [7, 11) is 2.05. The monoisotopic (exact) mass is 268 g/mol. The van der Waals surface area contributed by atoms with Crippen LogP contribution in [-0.4, -0.2) is 23.1 Å². The molecule has 2 heterocycles. The van der Waals surface area contributed by atoms with E-state index >= 15 is 0 Å². The van der Waals surface area contributed by atoms with Crippen molar-refractivity contribution in [2.45, 2.75) is 32.0 Å². The van der Waals surface area contributed by atoms with E-state index in [0.29, 0.717) is 0 Å². The van der Waals surface area contributed by atoms with Crippen LogP contribution in [-0.2, 0) is 13.1 Å². The van der Waals surface area contributed by atoms with E-state index in [4.69, 9.17) is 0 Å². The molecule has 2 aromatic rings. The fraction of sp³-hybridized carbons (Fsp3) is 0.375. The molecule has 0 radical (unpaired) electrons. The predicted molar refractivity (Wildman–Crippen MR) is 80.4 cm³/mol. The number of aromatic nitrogens is 2. The number of nitrogens with one attached hydrogen (secondary N) is 1. The van der Waals surface area contributed by atoms with Crippen LogP contribution in [0.3, 0.4) is 0 Å². The first-order valence-corrected chi connectivity index (χ1v) is 7.10. The minimum atomic E-state index is 0.734. The zero-order valence-electron chi connectivity index (χ0n) is 11.8. The Labute approximate surface area is 119 Å². The smallest absolute Gasteiger partial charge is 0.128 e. The van der Waals surface area contributed by atoms with Gasteiger partial charge in [0.2, 0.25) is 0 Å². The molecule has 1 N–H and O–H groups in total. The molecule has 1 aliphatic rings. The van der Waals surface area contributed by atoms with E-state index in [1.54, 1.807) is 0 Å². The quantitative estimate of drug-likeness (QED) is 0.873. The Hall–Kier alpha value is -1.94. The summed E-state index contributed by atoms with van der Waals surface area (Å²) in [5, 5.41) is 3.53. The highest BCUT2D eigenvalue weighted by molar-refractivity contribution is 5.40. The maximum absolute atomic E-state index is 4.45. The number of hydrogen-bond acceptors (Lipinski definition) is 4. The minimum Gasteiger partial charge on any atom is -0.354 e. The number of hydrogen-bond donors (Lipinski definition) is 1. The van der Waals surface area contributed by atoms with Gasteiger partial charge in [0, 0.05) is 32.0 Å². The summed E-state index contributed by atoms with van der Waals surface area (Å²) in [4.78, 5) is 10.9. The van der Waals surface area contributed by atoms with Crippen molar-refractivity contribution >= 4 is 5.82 Å². The highest BCUT2D eigenvalue weighted by Crippen LogP contribution is 2.20. The Bertz CT molecular complexity index is 551. The summed E-state index contributed by atoms with van der Waals surface area (Å²) in [5.74, 6) is 0.991. The lowest BCUT2D eigenvalue weighted by atomic mass is 10.2. The summed E-state index contributed by atoms with van der Waals surface area (Å²) in [5.41, 5.74) is 2.34. The van der Waals surface area contributed by atoms with Crippen molar-refractivity contribution < 1.29 is 0 Å². The lowest BCUT2D eigenvalue weighted by Crippen LogP contribution is -2.19. The number of nitrogens with zero attached hydrogens (tertiary/aromatic N) is 3. The van der Waals surface area contributed by atoms with Crippen molar-refractivity contribution in [3.8, 4) is 0 Å². The zero-order chi connectivity index (χ0) is 13.8. The molecule has 20 heavy (non-hydrogen) atoms. The van der Waals surface area contributed by atoms with E-state index in [2.05, 4.69) is 39.4 Å². The molecule has 4 heteroatoms. The molecular weight excluding hydrogens is 248 g/mol. The van der Waals surface area contributed by atoms with Crippen molar-refractivity contribution in [1.82, 2.24) is 15.3 Å². The first kappa shape index (κ1) is 13.1. The molecule has 1 saturated carbocycles. The van der Waals surface area contributed by atoms with Crippen LogP contribution in [0.4, 0.5) is 5.82 Å². The molecule has 0 bridgehead atoms. The van der Waals surface area contributed by atoms with Crippen LogP contribution in [0, 0.1) is 0 Å². The molecule has 1 aliphatic carbocycles. The summed E-state index contributed by atoms with van der Waals surface area (Å²) in [6.07, 6.45) is 6.34. The largest absolute Gasteiger partial charge is 0.354 e. The van der Waals surface area contributed by atoms with Gasteiger partial charge in [0.15, 0.2) is 0 Å². The van der Waals surface area contributed by atoms with E-state index < -0.39 is 0 Å². The van der Waals surface area contributed by atoms with Crippen LogP contribution in [0.1, 0.15) is 24.1 Å². The Morgan fingerprint density at radius 2 is 2.10 bits per heavy atom. The normalized spacial score (nSPS) is 14.2. The van der Waals surface area contributed by atoms with Gasteiger partial charge in [-0.3, -0.25) is 4.98 Å². The third kappa shape index (κ3) is 3.54. The van der Waals surface area contributed by atoms with Crippen LogP contribution in [0.2, 0.25) is 0 Å². The second-order valence-corrected chi connectivity index (χ2v) is 5.35. The van der Waals surface area contributed by atoms with Gasteiger partial charge in [-0.2, -0.15) is 0 Å². The molecule has 0 aliphatic heterocycles. The van der Waals surface area contributed by atoms with E-state index in [1.165, 1.54) is 18.4 Å². The van der Waals surface area contributed by atoms with E-state index in [0.717, 1.165) is 30.6 Å². The topological polar surface area (TPSA) is 41.1 Å². The molecule has 0 saturated heterocycles. The number of anilines is 1. The van der Waals surface area contributed by atoms with Crippen LogP contribution in [0.5, 0.6) is 0 Å². The molecule has 0 amide bonds. The lowest BCUT2D eigenvalue weighted by molar-refractivity contribution is 0.686. The van der Waals surface area contributed by atoms with Gasteiger partial charge < -0.3 is 10.2 Å². The Balaban J connectivity index is 1.64. The van der Waals surface area contributed by atoms with Crippen LogP contribution in [0.25, 0.3) is 0 Å². The maximum atomic E-state index is 4.45. The molecular formula is C16H20N4.